The van der Waals surface area contributed by atoms with Gasteiger partial charge in [-0.3, -0.25) is 0 Å². The van der Waals surface area contributed by atoms with Crippen molar-refractivity contribution in [1.82, 2.24) is 29.9 Å². The molecule has 104 valence electrons. The first kappa shape index (κ1) is 11.8. The molecule has 0 aliphatic rings. The quantitative estimate of drug-likeness (QED) is 0.535. The molecule has 0 radical (unpaired) electrons. The van der Waals surface area contributed by atoms with Gasteiger partial charge >= 0.3 is 0 Å². The maximum absolute atomic E-state index is 4.59. The van der Waals surface area contributed by atoms with Crippen molar-refractivity contribution in [2.24, 2.45) is 0 Å². The molecule has 7 heteroatoms. The van der Waals surface area contributed by atoms with Gasteiger partial charge in [0.15, 0.2) is 11.5 Å². The molecule has 7 nitrogen and oxygen atoms in total. The van der Waals surface area contributed by atoms with Crippen molar-refractivity contribution >= 4 is 28.0 Å². The van der Waals surface area contributed by atoms with E-state index in [4.69, 9.17) is 0 Å². The molecule has 4 rings (SSSR count). The van der Waals surface area contributed by atoms with Crippen LogP contribution in [0.4, 0.5) is 5.82 Å². The van der Waals surface area contributed by atoms with Crippen LogP contribution in [-0.4, -0.2) is 29.9 Å². The average molecular weight is 279 g/mol. The number of anilines is 1. The number of nitrogens with zero attached hydrogens (tertiary/aromatic N) is 4. The van der Waals surface area contributed by atoms with Gasteiger partial charge in [0.05, 0.1) is 23.4 Å². The molecule has 0 fully saturated rings. The third-order valence-electron chi connectivity index (χ3n) is 3.39. The second kappa shape index (κ2) is 4.55. The van der Waals surface area contributed by atoms with Crippen LogP contribution in [0.1, 0.15) is 18.8 Å². The van der Waals surface area contributed by atoms with Crippen LogP contribution in [0.3, 0.4) is 0 Å². The van der Waals surface area contributed by atoms with Crippen molar-refractivity contribution in [2.45, 2.75) is 13.0 Å². The molecule has 3 N–H and O–H groups in total. The van der Waals surface area contributed by atoms with Gasteiger partial charge in [-0.05, 0) is 19.1 Å². The molecule has 0 aliphatic carbocycles. The fraction of sp³-hybridized carbons (Fsp3) is 0.143. The summed E-state index contributed by atoms with van der Waals surface area (Å²) in [6, 6.07) is 7.94. The van der Waals surface area contributed by atoms with Gasteiger partial charge < -0.3 is 15.3 Å². The van der Waals surface area contributed by atoms with E-state index < -0.39 is 0 Å². The van der Waals surface area contributed by atoms with E-state index in [0.29, 0.717) is 11.5 Å². The second-order valence-corrected chi connectivity index (χ2v) is 4.83. The van der Waals surface area contributed by atoms with Crippen LogP contribution in [-0.2, 0) is 0 Å². The van der Waals surface area contributed by atoms with E-state index in [1.54, 1.807) is 6.33 Å². The predicted molar refractivity (Wildman–Crippen MR) is 79.8 cm³/mol. The lowest BCUT2D eigenvalue weighted by atomic mass is 10.3. The van der Waals surface area contributed by atoms with E-state index >= 15 is 0 Å². The molecule has 1 unspecified atom stereocenters. The van der Waals surface area contributed by atoms with Gasteiger partial charge in [0, 0.05) is 0 Å². The number of rotatable bonds is 3. The Hall–Kier alpha value is -2.96. The molecule has 1 atom stereocenters. The van der Waals surface area contributed by atoms with Crippen molar-refractivity contribution in [1.29, 1.82) is 0 Å². The number of nitrogens with one attached hydrogen (secondary N) is 3. The summed E-state index contributed by atoms with van der Waals surface area (Å²) in [7, 11) is 0. The number of H-pyrrole nitrogens is 2. The summed E-state index contributed by atoms with van der Waals surface area (Å²) in [5.41, 5.74) is 3.41. The monoisotopic (exact) mass is 279 g/mol. The highest BCUT2D eigenvalue weighted by molar-refractivity contribution is 5.82. The van der Waals surface area contributed by atoms with Gasteiger partial charge in [0.2, 0.25) is 0 Å². The lowest BCUT2D eigenvalue weighted by molar-refractivity contribution is 0.809. The SMILES string of the molecule is CC(Nc1ncnc2nc[nH]c12)c1nc2ccccc2[nH]1. The largest absolute Gasteiger partial charge is 0.359 e. The summed E-state index contributed by atoms with van der Waals surface area (Å²) in [4.78, 5) is 23.4. The van der Waals surface area contributed by atoms with Crippen LogP contribution >= 0.6 is 0 Å². The third-order valence-corrected chi connectivity index (χ3v) is 3.39. The number of imidazole rings is 2. The number of aromatic amines is 2. The van der Waals surface area contributed by atoms with E-state index in [1.807, 2.05) is 31.2 Å². The molecule has 1 aromatic carbocycles. The van der Waals surface area contributed by atoms with Gasteiger partial charge in [-0.2, -0.15) is 0 Å². The highest BCUT2D eigenvalue weighted by atomic mass is 15.1. The zero-order chi connectivity index (χ0) is 14.2. The van der Waals surface area contributed by atoms with Gasteiger partial charge in [-0.25, -0.2) is 19.9 Å². The van der Waals surface area contributed by atoms with Crippen LogP contribution in [0, 0.1) is 0 Å². The molecule has 0 saturated carbocycles. The first-order valence-corrected chi connectivity index (χ1v) is 6.66. The van der Waals surface area contributed by atoms with E-state index in [-0.39, 0.29) is 6.04 Å². The summed E-state index contributed by atoms with van der Waals surface area (Å²) in [6.45, 7) is 2.03. The minimum Gasteiger partial charge on any atom is -0.359 e. The fourth-order valence-corrected chi connectivity index (χ4v) is 2.33. The molecule has 3 aromatic heterocycles. The van der Waals surface area contributed by atoms with Crippen molar-refractivity contribution in [2.75, 3.05) is 5.32 Å². The molecular formula is C14H13N7. The summed E-state index contributed by atoms with van der Waals surface area (Å²) < 4.78 is 0. The number of benzene rings is 1. The van der Waals surface area contributed by atoms with Gasteiger partial charge in [-0.1, -0.05) is 12.1 Å². The Labute approximate surface area is 119 Å². The summed E-state index contributed by atoms with van der Waals surface area (Å²) in [5.74, 6) is 1.58. The predicted octanol–water partition coefficient (Wildman–Crippen LogP) is 2.40. The van der Waals surface area contributed by atoms with Crippen molar-refractivity contribution in [3.63, 3.8) is 0 Å². The Kier molecular flexibility index (Phi) is 2.56. The van der Waals surface area contributed by atoms with Crippen LogP contribution in [0.5, 0.6) is 0 Å². The molecule has 0 saturated heterocycles. The Morgan fingerprint density at radius 3 is 2.95 bits per heavy atom. The topological polar surface area (TPSA) is 95.2 Å². The molecule has 0 amide bonds. The number of fused-ring (bicyclic) bond motifs is 2. The maximum atomic E-state index is 4.59. The highest BCUT2D eigenvalue weighted by Crippen LogP contribution is 2.22. The lowest BCUT2D eigenvalue weighted by Crippen LogP contribution is -2.10. The number of para-hydroxylation sites is 2. The van der Waals surface area contributed by atoms with Crippen molar-refractivity contribution in [3.8, 4) is 0 Å². The van der Waals surface area contributed by atoms with Crippen molar-refractivity contribution in [3.05, 3.63) is 42.7 Å². The fourth-order valence-electron chi connectivity index (χ4n) is 2.33. The van der Waals surface area contributed by atoms with E-state index in [0.717, 1.165) is 22.4 Å². The molecule has 3 heterocycles. The third kappa shape index (κ3) is 1.99. The Morgan fingerprint density at radius 2 is 2.05 bits per heavy atom. The number of aromatic nitrogens is 6. The zero-order valence-electron chi connectivity index (χ0n) is 11.3. The molecular weight excluding hydrogens is 266 g/mol. The lowest BCUT2D eigenvalue weighted by Gasteiger charge is -2.12. The van der Waals surface area contributed by atoms with Crippen LogP contribution < -0.4 is 5.32 Å². The van der Waals surface area contributed by atoms with Crippen molar-refractivity contribution < 1.29 is 0 Å². The van der Waals surface area contributed by atoms with Gasteiger partial charge in [0.1, 0.15) is 17.7 Å². The molecule has 0 bridgehead atoms. The van der Waals surface area contributed by atoms with Gasteiger partial charge in [-0.15, -0.1) is 0 Å². The molecule has 0 spiro atoms. The average Bonchev–Trinajstić information content (AvgIpc) is 3.14. The zero-order valence-corrected chi connectivity index (χ0v) is 11.3. The Bertz CT molecular complexity index is 875. The normalized spacial score (nSPS) is 12.8. The standard InChI is InChI=1S/C14H13N7/c1-8(12-20-9-4-2-3-5-10(9)21-12)19-14-11-13(16-6-15-11)17-7-18-14/h2-8H,1H3,(H,20,21)(H2,15,16,17,18,19). The molecule has 21 heavy (non-hydrogen) atoms. The molecule has 4 aromatic rings. The minimum atomic E-state index is -0.0150. The highest BCUT2D eigenvalue weighted by Gasteiger charge is 2.13. The minimum absolute atomic E-state index is 0.0150. The van der Waals surface area contributed by atoms with Crippen LogP contribution in [0.25, 0.3) is 22.2 Å². The summed E-state index contributed by atoms with van der Waals surface area (Å²) in [6.07, 6.45) is 3.10. The first-order valence-electron chi connectivity index (χ1n) is 6.66. The van der Waals surface area contributed by atoms with E-state index in [2.05, 4.69) is 35.2 Å². The first-order chi connectivity index (χ1) is 10.3. The number of hydrogen-bond donors (Lipinski definition) is 3. The Balaban J connectivity index is 1.68. The van der Waals surface area contributed by atoms with Gasteiger partial charge in [0.25, 0.3) is 0 Å². The van der Waals surface area contributed by atoms with E-state index in [9.17, 15) is 0 Å². The number of hydrogen-bond acceptors (Lipinski definition) is 5. The Morgan fingerprint density at radius 1 is 1.14 bits per heavy atom. The maximum Gasteiger partial charge on any atom is 0.182 e. The second-order valence-electron chi connectivity index (χ2n) is 4.83. The van der Waals surface area contributed by atoms with Crippen LogP contribution in [0.2, 0.25) is 0 Å². The van der Waals surface area contributed by atoms with E-state index in [1.165, 1.54) is 6.33 Å². The van der Waals surface area contributed by atoms with Crippen LogP contribution in [0.15, 0.2) is 36.9 Å². The molecule has 0 aliphatic heterocycles. The summed E-state index contributed by atoms with van der Waals surface area (Å²) >= 11 is 0. The smallest absolute Gasteiger partial charge is 0.182 e. The summed E-state index contributed by atoms with van der Waals surface area (Å²) in [5, 5.41) is 3.33.